The van der Waals surface area contributed by atoms with Gasteiger partial charge in [0.2, 0.25) is 0 Å². The van der Waals surface area contributed by atoms with Crippen LogP contribution < -0.4 is 0 Å². The number of aliphatic hydroxyl groups is 2. The Balaban J connectivity index is 2.10. The lowest BCUT2D eigenvalue weighted by molar-refractivity contribution is -0.119. The van der Waals surface area contributed by atoms with Crippen molar-refractivity contribution < 1.29 is 24.9 Å². The van der Waals surface area contributed by atoms with Gasteiger partial charge in [0.25, 0.3) is 0 Å². The van der Waals surface area contributed by atoms with Crippen LogP contribution in [-0.2, 0) is 11.3 Å². The van der Waals surface area contributed by atoms with Crippen LogP contribution in [0.25, 0.3) is 0 Å². The Morgan fingerprint density at radius 1 is 1.32 bits per heavy atom. The second kappa shape index (κ2) is 7.58. The zero-order chi connectivity index (χ0) is 16.0. The maximum Gasteiger partial charge on any atom is 0.407 e. The largest absolute Gasteiger partial charge is 0.465 e. The molecule has 1 saturated heterocycles. The molecule has 1 fully saturated rings. The Labute approximate surface area is 129 Å². The van der Waals surface area contributed by atoms with E-state index in [9.17, 15) is 20.1 Å². The van der Waals surface area contributed by atoms with E-state index in [2.05, 4.69) is 0 Å². The molecular weight excluding hydrogens is 286 g/mol. The lowest BCUT2D eigenvalue weighted by Crippen LogP contribution is -2.55. The molecule has 0 radical (unpaired) electrons. The van der Waals surface area contributed by atoms with Crippen LogP contribution >= 0.6 is 0 Å². The zero-order valence-electron chi connectivity index (χ0n) is 12.5. The van der Waals surface area contributed by atoms with Gasteiger partial charge >= 0.3 is 6.09 Å². The molecule has 1 heterocycles. The summed E-state index contributed by atoms with van der Waals surface area (Å²) >= 11 is 0. The summed E-state index contributed by atoms with van der Waals surface area (Å²) in [5.41, 5.74) is 0.404. The fraction of sp³-hybridized carbons (Fsp3) is 0.562. The molecule has 1 aromatic rings. The van der Waals surface area contributed by atoms with Crippen molar-refractivity contribution in [3.05, 3.63) is 35.9 Å². The molecule has 2 unspecified atom stereocenters. The Morgan fingerprint density at radius 2 is 2.05 bits per heavy atom. The first kappa shape index (κ1) is 16.7. The van der Waals surface area contributed by atoms with E-state index in [1.54, 1.807) is 0 Å². The molecule has 1 aromatic carbocycles. The Kier molecular flexibility index (Phi) is 5.76. The third kappa shape index (κ3) is 3.76. The molecule has 0 bridgehead atoms. The molecule has 2 atom stereocenters. The standard InChI is InChI=1S/C16H23NO5/c18-9-7-16(12-19)6-8-17(15(20)21)10-14(16)22-11-13-4-2-1-3-5-13/h1-5,14,18-19H,6-12H2,(H,20,21). The van der Waals surface area contributed by atoms with Gasteiger partial charge in [0.1, 0.15) is 0 Å². The number of hydrogen-bond donors (Lipinski definition) is 3. The smallest absolute Gasteiger partial charge is 0.407 e. The van der Waals surface area contributed by atoms with Crippen LogP contribution in [0.3, 0.4) is 0 Å². The maximum atomic E-state index is 11.2. The molecule has 22 heavy (non-hydrogen) atoms. The number of benzene rings is 1. The fourth-order valence-corrected chi connectivity index (χ4v) is 2.95. The predicted molar refractivity (Wildman–Crippen MR) is 80.5 cm³/mol. The summed E-state index contributed by atoms with van der Waals surface area (Å²) in [6.07, 6.45) is -0.537. The number of rotatable bonds is 6. The lowest BCUT2D eigenvalue weighted by Gasteiger charge is -2.45. The number of carbonyl (C=O) groups is 1. The second-order valence-corrected chi connectivity index (χ2v) is 5.76. The van der Waals surface area contributed by atoms with Gasteiger partial charge in [0, 0.05) is 18.6 Å². The van der Waals surface area contributed by atoms with E-state index in [4.69, 9.17) is 4.74 Å². The molecule has 0 aliphatic carbocycles. The average molecular weight is 309 g/mol. The molecule has 3 N–H and O–H groups in total. The highest BCUT2D eigenvalue weighted by Gasteiger charge is 2.44. The molecule has 1 aliphatic rings. The van der Waals surface area contributed by atoms with Crippen molar-refractivity contribution in [2.24, 2.45) is 5.41 Å². The number of piperidine rings is 1. The Bertz CT molecular complexity index is 481. The van der Waals surface area contributed by atoms with Crippen LogP contribution in [0.1, 0.15) is 18.4 Å². The van der Waals surface area contributed by atoms with Crippen LogP contribution in [0.2, 0.25) is 0 Å². The summed E-state index contributed by atoms with van der Waals surface area (Å²) in [6, 6.07) is 9.61. The first-order chi connectivity index (χ1) is 10.6. The summed E-state index contributed by atoms with van der Waals surface area (Å²) in [6.45, 7) is 0.731. The van der Waals surface area contributed by atoms with E-state index in [0.717, 1.165) is 5.56 Å². The van der Waals surface area contributed by atoms with E-state index in [1.807, 2.05) is 30.3 Å². The fourth-order valence-electron chi connectivity index (χ4n) is 2.95. The highest BCUT2D eigenvalue weighted by Crippen LogP contribution is 2.37. The predicted octanol–water partition coefficient (Wildman–Crippen LogP) is 1.32. The molecule has 6 heteroatoms. The van der Waals surface area contributed by atoms with Gasteiger partial charge in [0.05, 0.1) is 25.9 Å². The van der Waals surface area contributed by atoms with E-state index < -0.39 is 17.6 Å². The number of nitrogens with zero attached hydrogens (tertiary/aromatic N) is 1. The van der Waals surface area contributed by atoms with Crippen molar-refractivity contribution >= 4 is 6.09 Å². The molecular formula is C16H23NO5. The van der Waals surface area contributed by atoms with E-state index >= 15 is 0 Å². The number of carboxylic acid groups (broad SMARTS) is 1. The molecule has 6 nitrogen and oxygen atoms in total. The van der Waals surface area contributed by atoms with Crippen molar-refractivity contribution in [3.8, 4) is 0 Å². The van der Waals surface area contributed by atoms with Crippen molar-refractivity contribution in [3.63, 3.8) is 0 Å². The molecule has 2 rings (SSSR count). The summed E-state index contributed by atoms with van der Waals surface area (Å²) in [4.78, 5) is 12.5. The minimum absolute atomic E-state index is 0.0567. The second-order valence-electron chi connectivity index (χ2n) is 5.76. The lowest BCUT2D eigenvalue weighted by atomic mass is 9.74. The third-order valence-electron chi connectivity index (χ3n) is 4.44. The van der Waals surface area contributed by atoms with Gasteiger partial charge in [-0.15, -0.1) is 0 Å². The molecule has 0 spiro atoms. The topological polar surface area (TPSA) is 90.2 Å². The highest BCUT2D eigenvalue weighted by atomic mass is 16.5. The molecule has 122 valence electrons. The van der Waals surface area contributed by atoms with Crippen LogP contribution in [0.5, 0.6) is 0 Å². The van der Waals surface area contributed by atoms with Gasteiger partial charge in [-0.1, -0.05) is 30.3 Å². The molecule has 0 aromatic heterocycles. The number of hydrogen-bond acceptors (Lipinski definition) is 4. The van der Waals surface area contributed by atoms with Gasteiger partial charge < -0.3 is 25.0 Å². The van der Waals surface area contributed by atoms with Crippen LogP contribution in [0.15, 0.2) is 30.3 Å². The van der Waals surface area contributed by atoms with Gasteiger partial charge in [-0.25, -0.2) is 4.79 Å². The number of aliphatic hydroxyl groups excluding tert-OH is 2. The number of likely N-dealkylation sites (tertiary alicyclic amines) is 1. The monoisotopic (exact) mass is 309 g/mol. The van der Waals surface area contributed by atoms with E-state index in [-0.39, 0.29) is 19.8 Å². The minimum Gasteiger partial charge on any atom is -0.465 e. The zero-order valence-corrected chi connectivity index (χ0v) is 12.5. The normalized spacial score (nSPS) is 25.2. The van der Waals surface area contributed by atoms with Gasteiger partial charge in [-0.05, 0) is 18.4 Å². The molecule has 0 saturated carbocycles. The minimum atomic E-state index is -0.983. The van der Waals surface area contributed by atoms with Crippen molar-refractivity contribution in [1.29, 1.82) is 0 Å². The summed E-state index contributed by atoms with van der Waals surface area (Å²) < 4.78 is 5.93. The maximum absolute atomic E-state index is 11.2. The van der Waals surface area contributed by atoms with Crippen LogP contribution in [-0.4, -0.2) is 58.7 Å². The molecule has 1 aliphatic heterocycles. The summed E-state index contributed by atoms with van der Waals surface area (Å²) in [5, 5.41) is 28.3. The molecule has 1 amide bonds. The van der Waals surface area contributed by atoms with Gasteiger partial charge in [0.15, 0.2) is 0 Å². The van der Waals surface area contributed by atoms with E-state index in [1.165, 1.54) is 4.90 Å². The van der Waals surface area contributed by atoms with Gasteiger partial charge in [-0.3, -0.25) is 0 Å². The third-order valence-corrected chi connectivity index (χ3v) is 4.44. The Morgan fingerprint density at radius 3 is 2.64 bits per heavy atom. The first-order valence-electron chi connectivity index (χ1n) is 7.46. The first-order valence-corrected chi connectivity index (χ1v) is 7.46. The van der Waals surface area contributed by atoms with Gasteiger partial charge in [-0.2, -0.15) is 0 Å². The van der Waals surface area contributed by atoms with Crippen molar-refractivity contribution in [1.82, 2.24) is 4.90 Å². The summed E-state index contributed by atoms with van der Waals surface area (Å²) in [7, 11) is 0. The SMILES string of the molecule is O=C(O)N1CCC(CO)(CCO)C(OCc2ccccc2)C1. The quantitative estimate of drug-likeness (QED) is 0.737. The highest BCUT2D eigenvalue weighted by molar-refractivity contribution is 5.65. The Hall–Kier alpha value is -1.63. The van der Waals surface area contributed by atoms with Crippen LogP contribution in [0.4, 0.5) is 4.79 Å². The van der Waals surface area contributed by atoms with Crippen molar-refractivity contribution in [2.75, 3.05) is 26.3 Å². The average Bonchev–Trinajstić information content (AvgIpc) is 2.54. The van der Waals surface area contributed by atoms with Crippen molar-refractivity contribution in [2.45, 2.75) is 25.6 Å². The number of ether oxygens (including phenoxy) is 1. The number of amides is 1. The van der Waals surface area contributed by atoms with E-state index in [0.29, 0.717) is 26.0 Å². The summed E-state index contributed by atoms with van der Waals surface area (Å²) in [5.74, 6) is 0. The van der Waals surface area contributed by atoms with Crippen LogP contribution in [0, 0.1) is 5.41 Å².